The highest BCUT2D eigenvalue weighted by atomic mass is 32.2. The number of ketones is 1. The van der Waals surface area contributed by atoms with Crippen molar-refractivity contribution in [1.29, 1.82) is 5.41 Å². The Morgan fingerprint density at radius 3 is 2.10 bits per heavy atom. The third-order valence-electron chi connectivity index (χ3n) is 10.6. The number of nitrogens with one attached hydrogen (secondary N) is 2. The summed E-state index contributed by atoms with van der Waals surface area (Å²) in [6.45, 7) is 5.18. The Morgan fingerprint density at radius 2 is 1.48 bits per heavy atom. The minimum atomic E-state index is -3.63. The van der Waals surface area contributed by atoms with Crippen LogP contribution < -0.4 is 11.1 Å². The number of rotatable bonds is 18. The molecule has 2 aromatic carbocycles. The first-order valence-corrected chi connectivity index (χ1v) is 20.5. The summed E-state index contributed by atoms with van der Waals surface area (Å²) in [7, 11) is -3.63. The quantitative estimate of drug-likeness (QED) is 0.124. The Morgan fingerprint density at radius 1 is 0.860 bits per heavy atom. The number of Topliss-reactive ketones (excluding diaryl/α,β-unsaturated/α-hetero) is 1. The van der Waals surface area contributed by atoms with E-state index in [-0.39, 0.29) is 47.3 Å². The minimum absolute atomic E-state index is 0.00913. The van der Waals surface area contributed by atoms with Crippen molar-refractivity contribution in [2.75, 3.05) is 18.8 Å². The summed E-state index contributed by atoms with van der Waals surface area (Å²) >= 11 is 0. The van der Waals surface area contributed by atoms with Gasteiger partial charge in [0.1, 0.15) is 5.84 Å². The van der Waals surface area contributed by atoms with E-state index in [1.807, 2.05) is 49.1 Å². The Bertz CT molecular complexity index is 1510. The molecule has 50 heavy (non-hydrogen) atoms. The third-order valence-corrected chi connectivity index (χ3v) is 12.3. The van der Waals surface area contributed by atoms with Crippen molar-refractivity contribution in [1.82, 2.24) is 10.2 Å². The SMILES string of the molecule is CC(C)C(=O)N1CCC(CC[C@@H](CS(=O)(=O)Cc2ccccc2)C(=O)N[C@@H](CCC2CCCCC2)C(=O)CCc2ccc(C(=N)N)cc2)CC1. The van der Waals surface area contributed by atoms with E-state index in [4.69, 9.17) is 11.1 Å². The topological polar surface area (TPSA) is 150 Å². The number of nitrogens with zero attached hydrogens (tertiary/aromatic N) is 1. The molecule has 9 nitrogen and oxygen atoms in total. The highest BCUT2D eigenvalue weighted by Gasteiger charge is 2.32. The molecule has 4 N–H and O–H groups in total. The Hall–Kier alpha value is -3.53. The molecule has 2 atom stereocenters. The molecule has 1 heterocycles. The van der Waals surface area contributed by atoms with Gasteiger partial charge in [-0.15, -0.1) is 0 Å². The van der Waals surface area contributed by atoms with Crippen molar-refractivity contribution in [3.05, 3.63) is 71.3 Å². The summed E-state index contributed by atoms with van der Waals surface area (Å²) < 4.78 is 27.0. The van der Waals surface area contributed by atoms with Crippen LogP contribution in [0, 0.1) is 29.1 Å². The fourth-order valence-electron chi connectivity index (χ4n) is 7.50. The standard InChI is InChI=1S/C40H58N4O5S/c1-29(2)40(47)44-25-23-32(24-26-44)15-20-35(28-50(48,49)27-33-11-7-4-8-12-33)39(46)43-36(21-16-30-9-5-3-6-10-30)37(45)22-17-31-13-18-34(19-14-31)38(41)42/h4,7-8,11-14,18-19,29-30,32,35-36H,3,5-6,9-10,15-17,20-28H2,1-2H3,(H3,41,42)(H,43,46)/t35-,36-/m0/s1. The molecule has 0 aromatic heterocycles. The number of piperidine rings is 1. The number of amides is 2. The van der Waals surface area contributed by atoms with Crippen molar-refractivity contribution in [3.8, 4) is 0 Å². The van der Waals surface area contributed by atoms with Gasteiger partial charge in [-0.1, -0.05) is 101 Å². The number of likely N-dealkylation sites (tertiary alicyclic amines) is 1. The first-order valence-electron chi connectivity index (χ1n) is 18.7. The van der Waals surface area contributed by atoms with E-state index in [2.05, 4.69) is 5.32 Å². The molecule has 1 aliphatic carbocycles. The van der Waals surface area contributed by atoms with E-state index in [9.17, 15) is 22.8 Å². The molecule has 10 heteroatoms. The van der Waals surface area contributed by atoms with Gasteiger partial charge in [0.2, 0.25) is 11.8 Å². The molecule has 2 aliphatic rings. The lowest BCUT2D eigenvalue weighted by Gasteiger charge is -2.33. The van der Waals surface area contributed by atoms with E-state index in [0.29, 0.717) is 61.7 Å². The third kappa shape index (κ3) is 12.7. The van der Waals surface area contributed by atoms with Gasteiger partial charge in [-0.3, -0.25) is 19.8 Å². The predicted molar refractivity (Wildman–Crippen MR) is 199 cm³/mol. The van der Waals surface area contributed by atoms with E-state index in [0.717, 1.165) is 37.7 Å². The molecule has 1 aliphatic heterocycles. The highest BCUT2D eigenvalue weighted by Crippen LogP contribution is 2.29. The minimum Gasteiger partial charge on any atom is -0.384 e. The number of amidine groups is 1. The summed E-state index contributed by atoms with van der Waals surface area (Å²) in [5.74, 6) is -0.653. The molecular formula is C40H58N4O5S. The van der Waals surface area contributed by atoms with Crippen LogP contribution in [0.2, 0.25) is 0 Å². The molecule has 2 amide bonds. The molecule has 0 bridgehead atoms. The van der Waals surface area contributed by atoms with Crippen LogP contribution in [-0.4, -0.2) is 61.6 Å². The number of nitrogens with two attached hydrogens (primary N) is 1. The summed E-state index contributed by atoms with van der Waals surface area (Å²) in [5.41, 5.74) is 7.86. The van der Waals surface area contributed by atoms with Gasteiger partial charge in [0.15, 0.2) is 15.6 Å². The van der Waals surface area contributed by atoms with Crippen LogP contribution >= 0.6 is 0 Å². The summed E-state index contributed by atoms with van der Waals surface area (Å²) in [5, 5.41) is 10.7. The Labute approximate surface area is 299 Å². The van der Waals surface area contributed by atoms with E-state index in [1.165, 1.54) is 19.3 Å². The van der Waals surface area contributed by atoms with Gasteiger partial charge in [-0.2, -0.15) is 0 Å². The van der Waals surface area contributed by atoms with Crippen molar-refractivity contribution in [2.45, 2.75) is 109 Å². The first-order chi connectivity index (χ1) is 23.9. The number of benzene rings is 2. The Balaban J connectivity index is 1.46. The first kappa shape index (κ1) is 39.3. The van der Waals surface area contributed by atoms with Gasteiger partial charge in [0.25, 0.3) is 0 Å². The number of sulfone groups is 1. The summed E-state index contributed by atoms with van der Waals surface area (Å²) in [6.07, 6.45) is 10.8. The monoisotopic (exact) mass is 706 g/mol. The summed E-state index contributed by atoms with van der Waals surface area (Å²) in [6, 6.07) is 15.7. The van der Waals surface area contributed by atoms with Crippen LogP contribution in [-0.2, 0) is 36.4 Å². The highest BCUT2D eigenvalue weighted by molar-refractivity contribution is 7.90. The zero-order chi connectivity index (χ0) is 36.1. The van der Waals surface area contributed by atoms with Crippen LogP contribution in [0.4, 0.5) is 0 Å². The maximum absolute atomic E-state index is 14.1. The maximum Gasteiger partial charge on any atom is 0.225 e. The molecular weight excluding hydrogens is 649 g/mol. The number of nitrogen functional groups attached to an aromatic ring is 1. The normalized spacial score (nSPS) is 17.3. The van der Waals surface area contributed by atoms with Gasteiger partial charge < -0.3 is 16.0 Å². The Kier molecular flexibility index (Phi) is 15.1. The molecule has 0 spiro atoms. The lowest BCUT2D eigenvalue weighted by molar-refractivity contribution is -0.135. The summed E-state index contributed by atoms with van der Waals surface area (Å²) in [4.78, 5) is 42.3. The average molecular weight is 707 g/mol. The lowest BCUT2D eigenvalue weighted by atomic mass is 9.84. The lowest BCUT2D eigenvalue weighted by Crippen LogP contribution is -2.46. The number of carbonyl (C=O) groups excluding carboxylic acids is 3. The number of hydrogen-bond acceptors (Lipinski definition) is 6. The van der Waals surface area contributed by atoms with E-state index < -0.39 is 21.8 Å². The molecule has 0 unspecified atom stereocenters. The fraction of sp³-hybridized carbons (Fsp3) is 0.600. The van der Waals surface area contributed by atoms with Crippen molar-refractivity contribution >= 4 is 33.3 Å². The van der Waals surface area contributed by atoms with Crippen LogP contribution in [0.5, 0.6) is 0 Å². The number of aryl methyl sites for hydroxylation is 1. The van der Waals surface area contributed by atoms with Gasteiger partial charge in [0, 0.05) is 31.0 Å². The molecule has 274 valence electrons. The molecule has 4 rings (SSSR count). The van der Waals surface area contributed by atoms with Crippen molar-refractivity contribution < 1.29 is 22.8 Å². The average Bonchev–Trinajstić information content (AvgIpc) is 3.11. The van der Waals surface area contributed by atoms with E-state index in [1.54, 1.807) is 24.3 Å². The fourth-order valence-corrected chi connectivity index (χ4v) is 9.25. The molecule has 2 fully saturated rings. The second kappa shape index (κ2) is 19.2. The van der Waals surface area contributed by atoms with Crippen LogP contribution in [0.15, 0.2) is 54.6 Å². The smallest absolute Gasteiger partial charge is 0.225 e. The van der Waals surface area contributed by atoms with Crippen molar-refractivity contribution in [2.24, 2.45) is 29.4 Å². The maximum atomic E-state index is 14.1. The molecule has 2 aromatic rings. The molecule has 1 saturated heterocycles. The number of hydrogen-bond donors (Lipinski definition) is 3. The van der Waals surface area contributed by atoms with Gasteiger partial charge in [0.05, 0.1) is 23.5 Å². The van der Waals surface area contributed by atoms with Crippen LogP contribution in [0.1, 0.15) is 108 Å². The van der Waals surface area contributed by atoms with Crippen LogP contribution in [0.3, 0.4) is 0 Å². The molecule has 1 saturated carbocycles. The van der Waals surface area contributed by atoms with Crippen LogP contribution in [0.25, 0.3) is 0 Å². The largest absolute Gasteiger partial charge is 0.384 e. The molecule has 0 radical (unpaired) electrons. The zero-order valence-electron chi connectivity index (χ0n) is 30.1. The van der Waals surface area contributed by atoms with Gasteiger partial charge >= 0.3 is 0 Å². The zero-order valence-corrected chi connectivity index (χ0v) is 30.9. The second-order valence-electron chi connectivity index (χ2n) is 15.0. The van der Waals surface area contributed by atoms with Gasteiger partial charge in [-0.25, -0.2) is 8.42 Å². The predicted octanol–water partition coefficient (Wildman–Crippen LogP) is 6.22. The number of carbonyl (C=O) groups is 3. The van der Waals surface area contributed by atoms with Crippen molar-refractivity contribution in [3.63, 3.8) is 0 Å². The second-order valence-corrected chi connectivity index (χ2v) is 17.1. The van der Waals surface area contributed by atoms with E-state index >= 15 is 0 Å². The van der Waals surface area contributed by atoms with Gasteiger partial charge in [-0.05, 0) is 67.9 Å².